The van der Waals surface area contributed by atoms with E-state index >= 15 is 0 Å². The van der Waals surface area contributed by atoms with Gasteiger partial charge in [0.1, 0.15) is 23.2 Å². The van der Waals surface area contributed by atoms with Crippen LogP contribution in [-0.4, -0.2) is 25.1 Å². The van der Waals surface area contributed by atoms with Crippen LogP contribution in [0.25, 0.3) is 0 Å². The van der Waals surface area contributed by atoms with Crippen LogP contribution in [0.2, 0.25) is 0 Å². The van der Waals surface area contributed by atoms with E-state index in [1.165, 1.54) is 0 Å². The molecule has 1 aliphatic rings. The van der Waals surface area contributed by atoms with Crippen LogP contribution in [0, 0.1) is 0 Å². The SMILES string of the molecule is CCOc1ccccc1NC(=O)COC(=O)C1c2ccccc2Oc2ccccc21. The summed E-state index contributed by atoms with van der Waals surface area (Å²) >= 11 is 0. The maximum absolute atomic E-state index is 13.0. The summed E-state index contributed by atoms with van der Waals surface area (Å²) in [6, 6.07) is 21.8. The fraction of sp³-hybridized carbons (Fsp3) is 0.167. The number of benzene rings is 3. The first kappa shape index (κ1) is 19.5. The molecule has 1 heterocycles. The summed E-state index contributed by atoms with van der Waals surface area (Å²) in [5.41, 5.74) is 1.95. The van der Waals surface area contributed by atoms with Crippen molar-refractivity contribution in [1.82, 2.24) is 0 Å². The van der Waals surface area contributed by atoms with Crippen molar-refractivity contribution in [3.05, 3.63) is 83.9 Å². The standard InChI is InChI=1S/C24H21NO5/c1-2-28-21-14-8-5-11-18(21)25-22(26)15-29-24(27)23-16-9-3-6-12-19(16)30-20-13-7-4-10-17(20)23/h3-14,23H,2,15H2,1H3,(H,25,26). The van der Waals surface area contributed by atoms with Crippen LogP contribution in [0.3, 0.4) is 0 Å². The number of ether oxygens (including phenoxy) is 3. The van der Waals surface area contributed by atoms with E-state index in [4.69, 9.17) is 14.2 Å². The van der Waals surface area contributed by atoms with Crippen molar-refractivity contribution >= 4 is 17.6 Å². The lowest BCUT2D eigenvalue weighted by molar-refractivity contribution is -0.148. The zero-order chi connectivity index (χ0) is 20.9. The minimum atomic E-state index is -0.658. The molecule has 6 heteroatoms. The van der Waals surface area contributed by atoms with E-state index in [0.717, 1.165) is 0 Å². The number of hydrogen-bond donors (Lipinski definition) is 1. The van der Waals surface area contributed by atoms with Gasteiger partial charge in [-0.15, -0.1) is 0 Å². The van der Waals surface area contributed by atoms with Gasteiger partial charge in [0.15, 0.2) is 6.61 Å². The number of anilines is 1. The van der Waals surface area contributed by atoms with Crippen LogP contribution in [-0.2, 0) is 14.3 Å². The lowest BCUT2D eigenvalue weighted by Gasteiger charge is -2.26. The van der Waals surface area contributed by atoms with Gasteiger partial charge in [-0.2, -0.15) is 0 Å². The Bertz CT molecular complexity index is 1030. The second-order valence-corrected chi connectivity index (χ2v) is 6.70. The summed E-state index contributed by atoms with van der Waals surface area (Å²) in [6.45, 7) is 1.94. The molecule has 6 nitrogen and oxygen atoms in total. The van der Waals surface area contributed by atoms with E-state index in [0.29, 0.717) is 40.7 Å². The van der Waals surface area contributed by atoms with Gasteiger partial charge in [0.25, 0.3) is 5.91 Å². The predicted molar refractivity (Wildman–Crippen MR) is 112 cm³/mol. The zero-order valence-electron chi connectivity index (χ0n) is 16.5. The van der Waals surface area contributed by atoms with E-state index in [9.17, 15) is 9.59 Å². The van der Waals surface area contributed by atoms with Crippen molar-refractivity contribution < 1.29 is 23.8 Å². The third-order valence-electron chi connectivity index (χ3n) is 4.72. The molecule has 0 spiro atoms. The van der Waals surface area contributed by atoms with E-state index in [1.807, 2.05) is 61.5 Å². The minimum absolute atomic E-state index is 0.402. The first-order chi connectivity index (χ1) is 14.7. The molecule has 0 radical (unpaired) electrons. The lowest BCUT2D eigenvalue weighted by atomic mass is 9.88. The second kappa shape index (κ2) is 8.69. The van der Waals surface area contributed by atoms with Gasteiger partial charge in [0.05, 0.1) is 12.3 Å². The van der Waals surface area contributed by atoms with Gasteiger partial charge in [-0.1, -0.05) is 48.5 Å². The lowest BCUT2D eigenvalue weighted by Crippen LogP contribution is -2.26. The Morgan fingerprint density at radius 2 is 1.50 bits per heavy atom. The average Bonchev–Trinajstić information content (AvgIpc) is 2.77. The molecule has 1 amide bonds. The number of hydrogen-bond acceptors (Lipinski definition) is 5. The summed E-state index contributed by atoms with van der Waals surface area (Å²) in [6.07, 6.45) is 0. The highest BCUT2D eigenvalue weighted by Gasteiger charge is 2.33. The van der Waals surface area contributed by atoms with Crippen LogP contribution in [0.5, 0.6) is 17.2 Å². The molecule has 0 aromatic heterocycles. The van der Waals surface area contributed by atoms with Crippen LogP contribution >= 0.6 is 0 Å². The highest BCUT2D eigenvalue weighted by molar-refractivity contribution is 5.95. The van der Waals surface area contributed by atoms with Crippen LogP contribution in [0.4, 0.5) is 5.69 Å². The molecule has 0 fully saturated rings. The van der Waals surface area contributed by atoms with Gasteiger partial charge in [-0.3, -0.25) is 9.59 Å². The average molecular weight is 403 g/mol. The summed E-state index contributed by atoms with van der Waals surface area (Å²) in [5.74, 6) is 0.165. The monoisotopic (exact) mass is 403 g/mol. The van der Waals surface area contributed by atoms with Crippen LogP contribution in [0.1, 0.15) is 24.0 Å². The molecule has 1 aliphatic heterocycles. The number of para-hydroxylation sites is 4. The molecule has 0 unspecified atom stereocenters. The number of nitrogens with one attached hydrogen (secondary N) is 1. The molecule has 4 rings (SSSR count). The largest absolute Gasteiger partial charge is 0.492 e. The number of amides is 1. The number of carbonyl (C=O) groups excluding carboxylic acids is 2. The third kappa shape index (κ3) is 3.98. The van der Waals surface area contributed by atoms with Crippen molar-refractivity contribution in [1.29, 1.82) is 0 Å². The normalized spacial score (nSPS) is 12.2. The van der Waals surface area contributed by atoms with Crippen molar-refractivity contribution in [2.75, 3.05) is 18.5 Å². The minimum Gasteiger partial charge on any atom is -0.492 e. The molecule has 0 atom stereocenters. The maximum atomic E-state index is 13.0. The molecule has 3 aromatic carbocycles. The molecule has 152 valence electrons. The third-order valence-corrected chi connectivity index (χ3v) is 4.72. The Hall–Kier alpha value is -3.80. The Morgan fingerprint density at radius 3 is 2.17 bits per heavy atom. The maximum Gasteiger partial charge on any atom is 0.318 e. The topological polar surface area (TPSA) is 73.9 Å². The van der Waals surface area contributed by atoms with Crippen molar-refractivity contribution in [2.24, 2.45) is 0 Å². The van der Waals surface area contributed by atoms with E-state index in [2.05, 4.69) is 5.32 Å². The molecule has 30 heavy (non-hydrogen) atoms. The second-order valence-electron chi connectivity index (χ2n) is 6.70. The number of carbonyl (C=O) groups is 2. The Balaban J connectivity index is 1.48. The van der Waals surface area contributed by atoms with E-state index in [1.54, 1.807) is 18.2 Å². The van der Waals surface area contributed by atoms with Gasteiger partial charge in [0, 0.05) is 11.1 Å². The summed E-state index contributed by atoms with van der Waals surface area (Å²) < 4.78 is 16.8. The Labute approximate surface area is 174 Å². The van der Waals surface area contributed by atoms with Crippen LogP contribution < -0.4 is 14.8 Å². The number of fused-ring (bicyclic) bond motifs is 2. The number of esters is 1. The summed E-state index contributed by atoms with van der Waals surface area (Å²) in [4.78, 5) is 25.3. The van der Waals surface area contributed by atoms with Gasteiger partial charge < -0.3 is 19.5 Å². The van der Waals surface area contributed by atoms with Crippen molar-refractivity contribution in [3.8, 4) is 17.2 Å². The molecular formula is C24H21NO5. The molecule has 0 saturated heterocycles. The molecule has 1 N–H and O–H groups in total. The molecule has 0 bridgehead atoms. The molecule has 0 aliphatic carbocycles. The van der Waals surface area contributed by atoms with E-state index < -0.39 is 24.4 Å². The van der Waals surface area contributed by atoms with E-state index in [-0.39, 0.29) is 0 Å². The smallest absolute Gasteiger partial charge is 0.318 e. The quantitative estimate of drug-likeness (QED) is 0.613. The van der Waals surface area contributed by atoms with Gasteiger partial charge in [-0.25, -0.2) is 0 Å². The molecular weight excluding hydrogens is 382 g/mol. The molecule has 0 saturated carbocycles. The fourth-order valence-electron chi connectivity index (χ4n) is 3.42. The van der Waals surface area contributed by atoms with Crippen molar-refractivity contribution in [2.45, 2.75) is 12.8 Å². The predicted octanol–water partition coefficient (Wildman–Crippen LogP) is 4.50. The zero-order valence-corrected chi connectivity index (χ0v) is 16.5. The van der Waals surface area contributed by atoms with Crippen LogP contribution in [0.15, 0.2) is 72.8 Å². The highest BCUT2D eigenvalue weighted by Crippen LogP contribution is 2.44. The first-order valence-corrected chi connectivity index (χ1v) is 9.71. The fourth-order valence-corrected chi connectivity index (χ4v) is 3.42. The summed E-state index contributed by atoms with van der Waals surface area (Å²) in [7, 11) is 0. The Morgan fingerprint density at radius 1 is 0.900 bits per heavy atom. The first-order valence-electron chi connectivity index (χ1n) is 9.71. The highest BCUT2D eigenvalue weighted by atomic mass is 16.5. The summed E-state index contributed by atoms with van der Waals surface area (Å²) in [5, 5.41) is 2.73. The molecule has 3 aromatic rings. The van der Waals surface area contributed by atoms with Gasteiger partial charge in [-0.05, 0) is 31.2 Å². The van der Waals surface area contributed by atoms with Gasteiger partial charge >= 0.3 is 5.97 Å². The Kier molecular flexibility index (Phi) is 5.66. The number of rotatable bonds is 6. The van der Waals surface area contributed by atoms with Gasteiger partial charge in [0.2, 0.25) is 0 Å². The van der Waals surface area contributed by atoms with Crippen molar-refractivity contribution in [3.63, 3.8) is 0 Å².